The van der Waals surface area contributed by atoms with Gasteiger partial charge in [-0.1, -0.05) is 27.7 Å². The van der Waals surface area contributed by atoms with Crippen molar-refractivity contribution in [2.75, 3.05) is 13.2 Å². The van der Waals surface area contributed by atoms with Crippen molar-refractivity contribution in [3.63, 3.8) is 0 Å². The van der Waals surface area contributed by atoms with E-state index in [4.69, 9.17) is 9.47 Å². The minimum Gasteiger partial charge on any atom is -0.373 e. The number of hydrogen-bond donors (Lipinski definition) is 0. The predicted octanol–water partition coefficient (Wildman–Crippen LogP) is 2.62. The Kier molecular flexibility index (Phi) is 2.39. The summed E-state index contributed by atoms with van der Waals surface area (Å²) in [5.41, 5.74) is 0.695. The van der Waals surface area contributed by atoms with Gasteiger partial charge in [-0.15, -0.1) is 0 Å². The van der Waals surface area contributed by atoms with E-state index in [9.17, 15) is 0 Å². The molecule has 0 radical (unpaired) electrons. The lowest BCUT2D eigenvalue weighted by molar-refractivity contribution is 0.0694. The second-order valence-corrected chi connectivity index (χ2v) is 6.09. The molecule has 2 rings (SSSR count). The van der Waals surface area contributed by atoms with Crippen LogP contribution in [0.4, 0.5) is 0 Å². The van der Waals surface area contributed by atoms with E-state index < -0.39 is 0 Å². The fourth-order valence-electron chi connectivity index (χ4n) is 2.06. The molecule has 2 aliphatic heterocycles. The average molecular weight is 198 g/mol. The zero-order chi connectivity index (χ0) is 10.4. The van der Waals surface area contributed by atoms with E-state index in [1.807, 2.05) is 0 Å². The van der Waals surface area contributed by atoms with Gasteiger partial charge < -0.3 is 9.47 Å². The molecule has 14 heavy (non-hydrogen) atoms. The van der Waals surface area contributed by atoms with E-state index in [2.05, 4.69) is 27.7 Å². The van der Waals surface area contributed by atoms with Crippen molar-refractivity contribution in [1.82, 2.24) is 0 Å². The number of hydrogen-bond acceptors (Lipinski definition) is 2. The van der Waals surface area contributed by atoms with Crippen LogP contribution in [0.25, 0.3) is 0 Å². The van der Waals surface area contributed by atoms with Crippen molar-refractivity contribution < 1.29 is 9.47 Å². The Morgan fingerprint density at radius 3 is 1.36 bits per heavy atom. The van der Waals surface area contributed by atoms with Gasteiger partial charge >= 0.3 is 0 Å². The molecule has 2 aliphatic rings. The van der Waals surface area contributed by atoms with Gasteiger partial charge in [0.25, 0.3) is 0 Å². The van der Waals surface area contributed by atoms with Crippen molar-refractivity contribution in [3.8, 4) is 0 Å². The zero-order valence-electron chi connectivity index (χ0n) is 9.80. The maximum atomic E-state index is 5.33. The molecule has 0 N–H and O–H groups in total. The summed E-state index contributed by atoms with van der Waals surface area (Å²) in [6, 6.07) is 0. The van der Waals surface area contributed by atoms with Crippen molar-refractivity contribution in [1.29, 1.82) is 0 Å². The fraction of sp³-hybridized carbons (Fsp3) is 1.00. The van der Waals surface area contributed by atoms with Crippen LogP contribution >= 0.6 is 0 Å². The molecular formula is C12H22O2. The number of rotatable bonds is 5. The van der Waals surface area contributed by atoms with Crippen LogP contribution in [-0.4, -0.2) is 25.4 Å². The van der Waals surface area contributed by atoms with Gasteiger partial charge in [-0.25, -0.2) is 0 Å². The van der Waals surface area contributed by atoms with Crippen molar-refractivity contribution in [3.05, 3.63) is 0 Å². The van der Waals surface area contributed by atoms with Crippen LogP contribution < -0.4 is 0 Å². The molecule has 0 aromatic carbocycles. The quantitative estimate of drug-likeness (QED) is 0.634. The molecule has 2 nitrogen and oxygen atoms in total. The molecule has 2 unspecified atom stereocenters. The summed E-state index contributed by atoms with van der Waals surface area (Å²) >= 11 is 0. The number of ether oxygens (including phenoxy) is 2. The maximum Gasteiger partial charge on any atom is 0.0815 e. The largest absolute Gasteiger partial charge is 0.373 e. The number of epoxide rings is 2. The Bertz CT molecular complexity index is 188. The molecule has 0 aliphatic carbocycles. The third-order valence-electron chi connectivity index (χ3n) is 4.11. The third kappa shape index (κ3) is 2.29. The summed E-state index contributed by atoms with van der Waals surface area (Å²) in [5, 5.41) is 0. The molecule has 2 heterocycles. The minimum absolute atomic E-state index is 0.347. The molecule has 2 saturated heterocycles. The van der Waals surface area contributed by atoms with E-state index in [0.717, 1.165) is 13.2 Å². The Balaban J connectivity index is 1.92. The van der Waals surface area contributed by atoms with Crippen LogP contribution in [0, 0.1) is 10.8 Å². The highest BCUT2D eigenvalue weighted by Crippen LogP contribution is 2.48. The highest BCUT2D eigenvalue weighted by Gasteiger charge is 2.44. The van der Waals surface area contributed by atoms with Crippen molar-refractivity contribution >= 4 is 0 Å². The Morgan fingerprint density at radius 1 is 0.857 bits per heavy atom. The summed E-state index contributed by atoms with van der Waals surface area (Å²) in [6.45, 7) is 11.4. The lowest BCUT2D eigenvalue weighted by Crippen LogP contribution is -2.35. The second-order valence-electron chi connectivity index (χ2n) is 6.09. The lowest BCUT2D eigenvalue weighted by atomic mass is 9.63. The Hall–Kier alpha value is -0.0800. The highest BCUT2D eigenvalue weighted by molar-refractivity contribution is 4.93. The standard InChI is InChI=1S/C12H22O2/c1-11(2,5-9-7-13-9)12(3,4)6-10-8-14-10/h9-10H,5-8H2,1-4H3. The van der Waals surface area contributed by atoms with E-state index in [-0.39, 0.29) is 0 Å². The summed E-state index contributed by atoms with van der Waals surface area (Å²) in [5.74, 6) is 0. The molecule has 2 fully saturated rings. The molecule has 82 valence electrons. The topological polar surface area (TPSA) is 25.1 Å². The monoisotopic (exact) mass is 198 g/mol. The summed E-state index contributed by atoms with van der Waals surface area (Å²) in [7, 11) is 0. The molecule has 0 aromatic rings. The first-order valence-electron chi connectivity index (χ1n) is 5.64. The Morgan fingerprint density at radius 2 is 1.14 bits per heavy atom. The first kappa shape index (κ1) is 10.4. The van der Waals surface area contributed by atoms with Gasteiger partial charge in [-0.05, 0) is 23.7 Å². The normalized spacial score (nSPS) is 31.7. The molecule has 2 atom stereocenters. The van der Waals surface area contributed by atoms with Crippen LogP contribution in [0.15, 0.2) is 0 Å². The molecule has 0 saturated carbocycles. The average Bonchev–Trinajstić information content (AvgIpc) is 2.82. The van der Waals surface area contributed by atoms with E-state index >= 15 is 0 Å². The van der Waals surface area contributed by atoms with Gasteiger partial charge in [-0.3, -0.25) is 0 Å². The van der Waals surface area contributed by atoms with Gasteiger partial charge in [0.15, 0.2) is 0 Å². The lowest BCUT2D eigenvalue weighted by Gasteiger charge is -2.41. The minimum atomic E-state index is 0.347. The van der Waals surface area contributed by atoms with Gasteiger partial charge in [-0.2, -0.15) is 0 Å². The first-order chi connectivity index (χ1) is 6.41. The fourth-order valence-corrected chi connectivity index (χ4v) is 2.06. The van der Waals surface area contributed by atoms with Crippen LogP contribution in [0.3, 0.4) is 0 Å². The molecule has 2 heteroatoms. The Labute approximate surface area is 87.0 Å². The second kappa shape index (κ2) is 3.21. The molecule has 0 bridgehead atoms. The maximum absolute atomic E-state index is 5.33. The predicted molar refractivity (Wildman–Crippen MR) is 56.3 cm³/mol. The van der Waals surface area contributed by atoms with Crippen LogP contribution in [-0.2, 0) is 9.47 Å². The van der Waals surface area contributed by atoms with Crippen LogP contribution in [0.1, 0.15) is 40.5 Å². The first-order valence-corrected chi connectivity index (χ1v) is 5.64. The van der Waals surface area contributed by atoms with Gasteiger partial charge in [0, 0.05) is 0 Å². The van der Waals surface area contributed by atoms with Gasteiger partial charge in [0.2, 0.25) is 0 Å². The van der Waals surface area contributed by atoms with E-state index in [0.29, 0.717) is 23.0 Å². The van der Waals surface area contributed by atoms with E-state index in [1.165, 1.54) is 12.8 Å². The molecule has 0 amide bonds. The summed E-state index contributed by atoms with van der Waals surface area (Å²) in [4.78, 5) is 0. The summed E-state index contributed by atoms with van der Waals surface area (Å²) < 4.78 is 10.7. The SMILES string of the molecule is CC(C)(CC1CO1)C(C)(C)CC1CO1. The van der Waals surface area contributed by atoms with Crippen LogP contribution in [0.2, 0.25) is 0 Å². The highest BCUT2D eigenvalue weighted by atomic mass is 16.6. The molecular weight excluding hydrogens is 176 g/mol. The van der Waals surface area contributed by atoms with Crippen LogP contribution in [0.5, 0.6) is 0 Å². The summed E-state index contributed by atoms with van der Waals surface area (Å²) in [6.07, 6.45) is 3.44. The van der Waals surface area contributed by atoms with Gasteiger partial charge in [0.1, 0.15) is 0 Å². The van der Waals surface area contributed by atoms with E-state index in [1.54, 1.807) is 0 Å². The third-order valence-corrected chi connectivity index (χ3v) is 4.11. The molecule has 0 spiro atoms. The molecule has 0 aromatic heterocycles. The van der Waals surface area contributed by atoms with Crippen molar-refractivity contribution in [2.24, 2.45) is 10.8 Å². The van der Waals surface area contributed by atoms with Crippen molar-refractivity contribution in [2.45, 2.75) is 52.7 Å². The zero-order valence-corrected chi connectivity index (χ0v) is 9.80. The van der Waals surface area contributed by atoms with Gasteiger partial charge in [0.05, 0.1) is 25.4 Å². The smallest absolute Gasteiger partial charge is 0.0815 e.